The van der Waals surface area contributed by atoms with Crippen molar-refractivity contribution in [2.24, 2.45) is 5.41 Å². The van der Waals surface area contributed by atoms with Gasteiger partial charge in [-0.15, -0.1) is 0 Å². The minimum Gasteiger partial charge on any atom is -0.396 e. The lowest BCUT2D eigenvalue weighted by atomic mass is 9.80. The number of carbonyl (C=O) groups excluding carboxylic acids is 1. The van der Waals surface area contributed by atoms with Gasteiger partial charge in [0, 0.05) is 13.2 Å². The van der Waals surface area contributed by atoms with Gasteiger partial charge in [0.05, 0.1) is 0 Å². The van der Waals surface area contributed by atoms with E-state index in [-0.39, 0.29) is 12.0 Å². The zero-order valence-electron chi connectivity index (χ0n) is 8.38. The molecule has 1 atom stereocenters. The second-order valence-electron chi connectivity index (χ2n) is 4.63. The Kier molecular flexibility index (Phi) is 3.09. The van der Waals surface area contributed by atoms with E-state index in [4.69, 9.17) is 9.84 Å². The van der Waals surface area contributed by atoms with Gasteiger partial charge in [-0.2, -0.15) is 0 Å². The normalized spacial score (nSPS) is 29.2. The minimum atomic E-state index is -0.619. The zero-order valence-corrected chi connectivity index (χ0v) is 8.38. The van der Waals surface area contributed by atoms with Crippen LogP contribution in [0.2, 0.25) is 0 Å². The third-order valence-corrected chi connectivity index (χ3v) is 2.55. The Hall–Kier alpha value is -0.410. The molecule has 0 bridgehead atoms. The van der Waals surface area contributed by atoms with Gasteiger partial charge in [-0.05, 0) is 24.7 Å². The highest BCUT2D eigenvalue weighted by atomic mass is 16.5. The van der Waals surface area contributed by atoms with Crippen molar-refractivity contribution in [1.82, 2.24) is 0 Å². The highest BCUT2D eigenvalue weighted by Crippen LogP contribution is 2.35. The molecule has 1 aliphatic rings. The number of aldehydes is 1. The summed E-state index contributed by atoms with van der Waals surface area (Å²) in [7, 11) is 0. The number of aliphatic hydroxyl groups is 1. The summed E-state index contributed by atoms with van der Waals surface area (Å²) >= 11 is 0. The molecule has 0 amide bonds. The van der Waals surface area contributed by atoms with Crippen LogP contribution in [0.25, 0.3) is 0 Å². The summed E-state index contributed by atoms with van der Waals surface area (Å²) in [6, 6.07) is 0. The smallest absolute Gasteiger partial charge is 0.151 e. The van der Waals surface area contributed by atoms with Crippen LogP contribution >= 0.6 is 0 Å². The topological polar surface area (TPSA) is 46.5 Å². The van der Waals surface area contributed by atoms with Crippen molar-refractivity contribution in [1.29, 1.82) is 0 Å². The molecule has 13 heavy (non-hydrogen) atoms. The lowest BCUT2D eigenvalue weighted by Crippen LogP contribution is -2.37. The van der Waals surface area contributed by atoms with Gasteiger partial charge in [0.1, 0.15) is 5.60 Å². The molecule has 3 nitrogen and oxygen atoms in total. The third-order valence-electron chi connectivity index (χ3n) is 2.55. The summed E-state index contributed by atoms with van der Waals surface area (Å²) in [5.74, 6) is 0. The molecule has 0 radical (unpaired) electrons. The largest absolute Gasteiger partial charge is 0.396 e. The van der Waals surface area contributed by atoms with E-state index in [1.54, 1.807) is 0 Å². The number of rotatable bonds is 4. The summed E-state index contributed by atoms with van der Waals surface area (Å²) in [4.78, 5) is 10.9. The van der Waals surface area contributed by atoms with Crippen molar-refractivity contribution in [3.63, 3.8) is 0 Å². The molecule has 1 unspecified atom stereocenters. The first kappa shape index (κ1) is 10.7. The molecule has 0 aliphatic carbocycles. The number of ether oxygens (including phenoxy) is 1. The van der Waals surface area contributed by atoms with E-state index in [0.29, 0.717) is 13.0 Å². The molecule has 0 aromatic heterocycles. The first-order valence-corrected chi connectivity index (χ1v) is 4.75. The van der Waals surface area contributed by atoms with Gasteiger partial charge in [0.25, 0.3) is 0 Å². The predicted molar refractivity (Wildman–Crippen MR) is 49.5 cm³/mol. The van der Waals surface area contributed by atoms with Crippen LogP contribution < -0.4 is 0 Å². The molecule has 1 heterocycles. The van der Waals surface area contributed by atoms with E-state index in [2.05, 4.69) is 0 Å². The molecule has 1 fully saturated rings. The standard InChI is InChI=1S/C10H18O3/c1-9(2,7-11)6-10(8-12)4-3-5-13-10/h8,11H,3-7H2,1-2H3. The third kappa shape index (κ3) is 2.51. The van der Waals surface area contributed by atoms with Crippen LogP contribution in [0.15, 0.2) is 0 Å². The van der Waals surface area contributed by atoms with Gasteiger partial charge >= 0.3 is 0 Å². The minimum absolute atomic E-state index is 0.0892. The highest BCUT2D eigenvalue weighted by Gasteiger charge is 2.39. The summed E-state index contributed by atoms with van der Waals surface area (Å²) < 4.78 is 5.45. The number of aliphatic hydroxyl groups excluding tert-OH is 1. The van der Waals surface area contributed by atoms with Gasteiger partial charge in [-0.25, -0.2) is 0 Å². The van der Waals surface area contributed by atoms with Crippen LogP contribution in [-0.4, -0.2) is 30.2 Å². The van der Waals surface area contributed by atoms with Crippen molar-refractivity contribution >= 4 is 6.29 Å². The van der Waals surface area contributed by atoms with E-state index >= 15 is 0 Å². The summed E-state index contributed by atoms with van der Waals surface area (Å²) in [5.41, 5.74) is -0.850. The monoisotopic (exact) mass is 186 g/mol. The van der Waals surface area contributed by atoms with Crippen LogP contribution in [0.5, 0.6) is 0 Å². The highest BCUT2D eigenvalue weighted by molar-refractivity contribution is 5.63. The van der Waals surface area contributed by atoms with E-state index < -0.39 is 5.60 Å². The molecular weight excluding hydrogens is 168 g/mol. The Labute approximate surface area is 79.1 Å². The quantitative estimate of drug-likeness (QED) is 0.670. The van der Waals surface area contributed by atoms with Crippen LogP contribution in [0.4, 0.5) is 0 Å². The molecule has 0 aromatic rings. The van der Waals surface area contributed by atoms with E-state index in [9.17, 15) is 4.79 Å². The first-order valence-electron chi connectivity index (χ1n) is 4.75. The average molecular weight is 186 g/mol. The molecule has 0 saturated carbocycles. The molecule has 1 rings (SSSR count). The summed E-state index contributed by atoms with van der Waals surface area (Å²) in [5, 5.41) is 9.09. The fourth-order valence-corrected chi connectivity index (χ4v) is 1.86. The van der Waals surface area contributed by atoms with Gasteiger partial charge in [-0.1, -0.05) is 13.8 Å². The second-order valence-corrected chi connectivity index (χ2v) is 4.63. The van der Waals surface area contributed by atoms with Crippen molar-refractivity contribution < 1.29 is 14.6 Å². The maximum atomic E-state index is 10.9. The fraction of sp³-hybridized carbons (Fsp3) is 0.900. The molecule has 76 valence electrons. The van der Waals surface area contributed by atoms with Crippen LogP contribution in [0.3, 0.4) is 0 Å². The lowest BCUT2D eigenvalue weighted by molar-refractivity contribution is -0.129. The summed E-state index contributed by atoms with van der Waals surface area (Å²) in [6.45, 7) is 4.64. The Morgan fingerprint density at radius 2 is 2.31 bits per heavy atom. The lowest BCUT2D eigenvalue weighted by Gasteiger charge is -2.31. The molecule has 1 N–H and O–H groups in total. The van der Waals surface area contributed by atoms with Gasteiger partial charge in [-0.3, -0.25) is 0 Å². The van der Waals surface area contributed by atoms with Crippen LogP contribution in [-0.2, 0) is 9.53 Å². The van der Waals surface area contributed by atoms with Gasteiger partial charge in [0.15, 0.2) is 6.29 Å². The molecule has 1 saturated heterocycles. The van der Waals surface area contributed by atoms with Crippen molar-refractivity contribution in [3.05, 3.63) is 0 Å². The maximum absolute atomic E-state index is 10.9. The van der Waals surface area contributed by atoms with Crippen molar-refractivity contribution in [3.8, 4) is 0 Å². The molecule has 0 aromatic carbocycles. The number of hydrogen-bond donors (Lipinski definition) is 1. The van der Waals surface area contributed by atoms with Crippen LogP contribution in [0.1, 0.15) is 33.1 Å². The van der Waals surface area contributed by atoms with E-state index in [1.807, 2.05) is 13.8 Å². The second kappa shape index (κ2) is 3.76. The predicted octanol–water partition coefficient (Wildman–Crippen LogP) is 1.14. The average Bonchev–Trinajstić information content (AvgIpc) is 2.53. The van der Waals surface area contributed by atoms with Gasteiger partial charge < -0.3 is 14.6 Å². The van der Waals surface area contributed by atoms with Gasteiger partial charge in [0.2, 0.25) is 0 Å². The Morgan fingerprint density at radius 3 is 2.69 bits per heavy atom. The molecular formula is C10H18O3. The first-order chi connectivity index (χ1) is 6.04. The Morgan fingerprint density at radius 1 is 1.62 bits per heavy atom. The Bertz CT molecular complexity index is 181. The van der Waals surface area contributed by atoms with Crippen molar-refractivity contribution in [2.75, 3.05) is 13.2 Å². The molecule has 0 spiro atoms. The van der Waals surface area contributed by atoms with Crippen molar-refractivity contribution in [2.45, 2.75) is 38.7 Å². The van der Waals surface area contributed by atoms with E-state index in [0.717, 1.165) is 19.1 Å². The number of hydrogen-bond acceptors (Lipinski definition) is 3. The fourth-order valence-electron chi connectivity index (χ4n) is 1.86. The van der Waals surface area contributed by atoms with Crippen LogP contribution in [0, 0.1) is 5.41 Å². The molecule has 3 heteroatoms. The molecule has 1 aliphatic heterocycles. The Balaban J connectivity index is 2.63. The SMILES string of the molecule is CC(C)(CO)CC1(C=O)CCCO1. The maximum Gasteiger partial charge on any atom is 0.151 e. The zero-order chi connectivity index (χ0) is 9.95. The summed E-state index contributed by atoms with van der Waals surface area (Å²) in [6.07, 6.45) is 3.25. The number of carbonyl (C=O) groups is 1. The van der Waals surface area contributed by atoms with E-state index in [1.165, 1.54) is 0 Å².